The van der Waals surface area contributed by atoms with Crippen LogP contribution in [0.5, 0.6) is 0 Å². The second-order valence-corrected chi connectivity index (χ2v) is 6.19. The molecule has 2 rings (SSSR count). The number of ether oxygens (including phenoxy) is 1. The second-order valence-electron chi connectivity index (χ2n) is 6.19. The molecule has 0 heterocycles. The highest BCUT2D eigenvalue weighted by Gasteiger charge is 2.38. The predicted molar refractivity (Wildman–Crippen MR) is 94.5 cm³/mol. The second kappa shape index (κ2) is 7.38. The number of benzene rings is 2. The van der Waals surface area contributed by atoms with Crippen molar-refractivity contribution in [3.05, 3.63) is 83.9 Å². The van der Waals surface area contributed by atoms with Crippen molar-refractivity contribution in [3.63, 3.8) is 0 Å². The van der Waals surface area contributed by atoms with Gasteiger partial charge in [-0.25, -0.2) is 0 Å². The highest BCUT2D eigenvalue weighted by atomic mass is 16.5. The average molecular weight is 308 g/mol. The normalized spacial score (nSPS) is 14.7. The van der Waals surface area contributed by atoms with Gasteiger partial charge in [-0.15, -0.1) is 0 Å². The van der Waals surface area contributed by atoms with Gasteiger partial charge in [0.15, 0.2) is 5.78 Å². The monoisotopic (exact) mass is 308 g/mol. The minimum atomic E-state index is -0.469. The van der Waals surface area contributed by atoms with Gasteiger partial charge in [0, 0.05) is 24.5 Å². The quantitative estimate of drug-likeness (QED) is 0.517. The van der Waals surface area contributed by atoms with Crippen LogP contribution in [0, 0.1) is 5.41 Å². The van der Waals surface area contributed by atoms with Gasteiger partial charge < -0.3 is 4.74 Å². The number of carbonyl (C=O) groups excluding carboxylic acids is 1. The molecule has 0 amide bonds. The fourth-order valence-corrected chi connectivity index (χ4v) is 2.92. The first kappa shape index (κ1) is 17.2. The van der Waals surface area contributed by atoms with Crippen LogP contribution in [0.25, 0.3) is 0 Å². The van der Waals surface area contributed by atoms with Gasteiger partial charge >= 0.3 is 0 Å². The van der Waals surface area contributed by atoms with Crippen molar-refractivity contribution < 1.29 is 9.53 Å². The summed E-state index contributed by atoms with van der Waals surface area (Å²) < 4.78 is 5.79. The summed E-state index contributed by atoms with van der Waals surface area (Å²) in [7, 11) is 1.69. The van der Waals surface area contributed by atoms with Crippen LogP contribution in [0.2, 0.25) is 0 Å². The molecule has 0 unspecified atom stereocenters. The third kappa shape index (κ3) is 3.77. The van der Waals surface area contributed by atoms with Gasteiger partial charge in [0.05, 0.1) is 6.10 Å². The molecule has 120 valence electrons. The number of hydrogen-bond donors (Lipinski definition) is 0. The summed E-state index contributed by atoms with van der Waals surface area (Å²) in [6, 6.07) is 19.4. The van der Waals surface area contributed by atoms with Crippen LogP contribution in [0.15, 0.2) is 72.8 Å². The maximum Gasteiger partial charge on any atom is 0.163 e. The standard InChI is InChI=1S/C21H24O2/c1-16(2)21(3,15-19(22)17-11-7-5-8-12-17)20(23-4)18-13-9-6-10-14-18/h5-14,20H,1,15H2,2-4H3/t20-,21-/m1/s1. The molecule has 0 aliphatic rings. The lowest BCUT2D eigenvalue weighted by atomic mass is 9.71. The fraction of sp³-hybridized carbons (Fsp3) is 0.286. The molecule has 0 spiro atoms. The van der Waals surface area contributed by atoms with E-state index < -0.39 is 5.41 Å². The van der Waals surface area contributed by atoms with Crippen LogP contribution in [0.4, 0.5) is 0 Å². The highest BCUT2D eigenvalue weighted by Crippen LogP contribution is 2.45. The molecule has 0 saturated carbocycles. The molecule has 2 atom stereocenters. The molecule has 2 aromatic rings. The number of ketones is 1. The van der Waals surface area contributed by atoms with E-state index in [1.54, 1.807) is 7.11 Å². The molecule has 0 aromatic heterocycles. The van der Waals surface area contributed by atoms with E-state index in [2.05, 4.69) is 13.5 Å². The molecule has 0 radical (unpaired) electrons. The zero-order valence-corrected chi connectivity index (χ0v) is 14.1. The number of methoxy groups -OCH3 is 1. The Labute approximate surface area is 138 Å². The Hall–Kier alpha value is -2.19. The molecule has 0 saturated heterocycles. The van der Waals surface area contributed by atoms with E-state index in [0.29, 0.717) is 6.42 Å². The zero-order valence-electron chi connectivity index (χ0n) is 14.1. The van der Waals surface area contributed by atoms with Crippen LogP contribution in [-0.4, -0.2) is 12.9 Å². The van der Waals surface area contributed by atoms with E-state index in [0.717, 1.165) is 16.7 Å². The summed E-state index contributed by atoms with van der Waals surface area (Å²) in [6.07, 6.45) is 0.147. The molecule has 0 aliphatic carbocycles. The third-order valence-corrected chi connectivity index (χ3v) is 4.52. The van der Waals surface area contributed by atoms with Crippen molar-refractivity contribution in [2.24, 2.45) is 5.41 Å². The predicted octanol–water partition coefficient (Wildman–Crippen LogP) is 5.23. The topological polar surface area (TPSA) is 26.3 Å². The Bertz CT molecular complexity index is 661. The lowest BCUT2D eigenvalue weighted by Gasteiger charge is -2.37. The Balaban J connectivity index is 2.35. The largest absolute Gasteiger partial charge is 0.376 e. The van der Waals surface area contributed by atoms with Crippen molar-refractivity contribution in [3.8, 4) is 0 Å². The molecule has 0 bridgehead atoms. The highest BCUT2D eigenvalue weighted by molar-refractivity contribution is 5.96. The maximum absolute atomic E-state index is 12.7. The van der Waals surface area contributed by atoms with Crippen molar-refractivity contribution in [1.82, 2.24) is 0 Å². The Morgan fingerprint density at radius 1 is 1.09 bits per heavy atom. The van der Waals surface area contributed by atoms with Gasteiger partial charge in [0.2, 0.25) is 0 Å². The fourth-order valence-electron chi connectivity index (χ4n) is 2.92. The lowest BCUT2D eigenvalue weighted by molar-refractivity contribution is 0.0118. The summed E-state index contributed by atoms with van der Waals surface area (Å²) in [5.74, 6) is 0.106. The minimum Gasteiger partial charge on any atom is -0.376 e. The molecular formula is C21H24O2. The van der Waals surface area contributed by atoms with Crippen molar-refractivity contribution in [1.29, 1.82) is 0 Å². The van der Waals surface area contributed by atoms with Gasteiger partial charge in [-0.1, -0.05) is 79.7 Å². The zero-order chi connectivity index (χ0) is 16.9. The van der Waals surface area contributed by atoms with E-state index in [-0.39, 0.29) is 11.9 Å². The van der Waals surface area contributed by atoms with Gasteiger partial charge in [0.1, 0.15) is 0 Å². The average Bonchev–Trinajstić information content (AvgIpc) is 2.57. The van der Waals surface area contributed by atoms with Crippen molar-refractivity contribution in [2.75, 3.05) is 7.11 Å². The van der Waals surface area contributed by atoms with Crippen LogP contribution in [-0.2, 0) is 4.74 Å². The molecule has 2 nitrogen and oxygen atoms in total. The van der Waals surface area contributed by atoms with E-state index in [1.807, 2.05) is 67.6 Å². The number of rotatable bonds is 7. The van der Waals surface area contributed by atoms with Gasteiger partial charge in [0.25, 0.3) is 0 Å². The maximum atomic E-state index is 12.7. The molecule has 23 heavy (non-hydrogen) atoms. The van der Waals surface area contributed by atoms with E-state index in [4.69, 9.17) is 4.74 Å². The summed E-state index contributed by atoms with van der Waals surface area (Å²) in [6.45, 7) is 8.15. The van der Waals surface area contributed by atoms with Crippen LogP contribution < -0.4 is 0 Å². The lowest BCUT2D eigenvalue weighted by Crippen LogP contribution is -2.31. The Morgan fingerprint density at radius 2 is 1.61 bits per heavy atom. The van der Waals surface area contributed by atoms with E-state index in [9.17, 15) is 4.79 Å². The Morgan fingerprint density at radius 3 is 2.09 bits per heavy atom. The number of hydrogen-bond acceptors (Lipinski definition) is 2. The van der Waals surface area contributed by atoms with Crippen LogP contribution >= 0.6 is 0 Å². The first-order chi connectivity index (χ1) is 11.0. The Kier molecular flexibility index (Phi) is 5.51. The molecule has 2 heteroatoms. The first-order valence-corrected chi connectivity index (χ1v) is 7.81. The van der Waals surface area contributed by atoms with Gasteiger partial charge in [-0.2, -0.15) is 0 Å². The minimum absolute atomic E-state index is 0.106. The summed E-state index contributed by atoms with van der Waals surface area (Å²) in [4.78, 5) is 12.7. The summed E-state index contributed by atoms with van der Waals surface area (Å²) in [5.41, 5.74) is 2.25. The number of Topliss-reactive ketones (excluding diaryl/α,β-unsaturated/α-hetero) is 1. The van der Waals surface area contributed by atoms with Gasteiger partial charge in [-0.05, 0) is 12.5 Å². The van der Waals surface area contributed by atoms with E-state index >= 15 is 0 Å². The van der Waals surface area contributed by atoms with E-state index in [1.165, 1.54) is 0 Å². The van der Waals surface area contributed by atoms with Crippen molar-refractivity contribution in [2.45, 2.75) is 26.4 Å². The molecule has 0 fully saturated rings. The smallest absolute Gasteiger partial charge is 0.163 e. The first-order valence-electron chi connectivity index (χ1n) is 7.81. The SMILES string of the molecule is C=C(C)[C@@](C)(CC(=O)c1ccccc1)[C@H](OC)c1ccccc1. The molecular weight excluding hydrogens is 284 g/mol. The summed E-state index contributed by atoms with van der Waals surface area (Å²) >= 11 is 0. The van der Waals surface area contributed by atoms with Crippen molar-refractivity contribution >= 4 is 5.78 Å². The summed E-state index contributed by atoms with van der Waals surface area (Å²) in [5, 5.41) is 0. The molecule has 2 aromatic carbocycles. The van der Waals surface area contributed by atoms with Crippen LogP contribution in [0.3, 0.4) is 0 Å². The third-order valence-electron chi connectivity index (χ3n) is 4.52. The van der Waals surface area contributed by atoms with Gasteiger partial charge in [-0.3, -0.25) is 4.79 Å². The molecule has 0 aliphatic heterocycles. The van der Waals surface area contributed by atoms with Crippen LogP contribution in [0.1, 0.15) is 42.3 Å². The number of carbonyl (C=O) groups is 1. The molecule has 0 N–H and O–H groups in total.